The fraction of sp³-hybridized carbons (Fsp3) is 0.200. The van der Waals surface area contributed by atoms with Crippen LogP contribution < -0.4 is 10.6 Å². The second-order valence-corrected chi connectivity index (χ2v) is 4.45. The average molecular weight is 273 g/mol. The fourth-order valence-electron chi connectivity index (χ4n) is 1.77. The van der Waals surface area contributed by atoms with E-state index in [1.165, 1.54) is 12.1 Å². The van der Waals surface area contributed by atoms with Gasteiger partial charge in [0.15, 0.2) is 0 Å². The van der Waals surface area contributed by atoms with Crippen LogP contribution in [0.3, 0.4) is 0 Å². The predicted molar refractivity (Wildman–Crippen MR) is 75.7 cm³/mol. The summed E-state index contributed by atoms with van der Waals surface area (Å²) in [5.41, 5.74) is 1.46. The fourth-order valence-corrected chi connectivity index (χ4v) is 1.77. The van der Waals surface area contributed by atoms with Crippen molar-refractivity contribution in [3.63, 3.8) is 0 Å². The van der Waals surface area contributed by atoms with Crippen molar-refractivity contribution in [3.8, 4) is 0 Å². The average Bonchev–Trinajstić information content (AvgIpc) is 2.46. The number of nitrogens with one attached hydrogen (secondary N) is 2. The van der Waals surface area contributed by atoms with Crippen molar-refractivity contribution in [1.82, 2.24) is 10.3 Å². The summed E-state index contributed by atoms with van der Waals surface area (Å²) in [5.74, 6) is -0.592. The first-order chi connectivity index (χ1) is 9.65. The maximum absolute atomic E-state index is 13.0. The third-order valence-electron chi connectivity index (χ3n) is 2.86. The van der Waals surface area contributed by atoms with E-state index in [1.54, 1.807) is 24.5 Å². The SMILES string of the molecule is C[C@H](NCC(=O)Nc1cccc(F)c1)c1cccnc1. The molecule has 0 unspecified atom stereocenters. The smallest absolute Gasteiger partial charge is 0.238 e. The van der Waals surface area contributed by atoms with E-state index in [4.69, 9.17) is 0 Å². The molecule has 2 N–H and O–H groups in total. The molecule has 0 spiro atoms. The Morgan fingerprint density at radius 3 is 2.90 bits per heavy atom. The first-order valence-corrected chi connectivity index (χ1v) is 6.34. The summed E-state index contributed by atoms with van der Waals surface area (Å²) < 4.78 is 13.0. The summed E-state index contributed by atoms with van der Waals surface area (Å²) >= 11 is 0. The number of carbonyl (C=O) groups excluding carboxylic acids is 1. The molecule has 1 amide bonds. The molecule has 0 fully saturated rings. The first-order valence-electron chi connectivity index (χ1n) is 6.34. The van der Waals surface area contributed by atoms with Gasteiger partial charge in [-0.2, -0.15) is 0 Å². The molecule has 1 aromatic carbocycles. The Kier molecular flexibility index (Phi) is 4.79. The quantitative estimate of drug-likeness (QED) is 0.880. The van der Waals surface area contributed by atoms with Crippen molar-refractivity contribution in [3.05, 3.63) is 60.2 Å². The minimum absolute atomic E-state index is 0.0157. The number of aromatic nitrogens is 1. The number of nitrogens with zero attached hydrogens (tertiary/aromatic N) is 1. The van der Waals surface area contributed by atoms with Crippen molar-refractivity contribution >= 4 is 11.6 Å². The Labute approximate surface area is 117 Å². The molecule has 4 nitrogen and oxygen atoms in total. The molecular formula is C15H16FN3O. The van der Waals surface area contributed by atoms with Crippen molar-refractivity contribution in [2.75, 3.05) is 11.9 Å². The molecule has 0 aliphatic carbocycles. The van der Waals surface area contributed by atoms with E-state index >= 15 is 0 Å². The van der Waals surface area contributed by atoms with Gasteiger partial charge in [0.1, 0.15) is 5.82 Å². The van der Waals surface area contributed by atoms with E-state index in [0.29, 0.717) is 5.69 Å². The lowest BCUT2D eigenvalue weighted by atomic mass is 10.1. The number of benzene rings is 1. The maximum Gasteiger partial charge on any atom is 0.238 e. The second-order valence-electron chi connectivity index (χ2n) is 4.45. The van der Waals surface area contributed by atoms with E-state index in [2.05, 4.69) is 15.6 Å². The number of pyridine rings is 1. The Balaban J connectivity index is 1.83. The second kappa shape index (κ2) is 6.77. The number of anilines is 1. The number of hydrogen-bond acceptors (Lipinski definition) is 3. The summed E-state index contributed by atoms with van der Waals surface area (Å²) in [6.07, 6.45) is 3.45. The van der Waals surface area contributed by atoms with Gasteiger partial charge in [-0.25, -0.2) is 4.39 Å². The Morgan fingerprint density at radius 2 is 2.20 bits per heavy atom. The highest BCUT2D eigenvalue weighted by molar-refractivity contribution is 5.92. The molecule has 104 valence electrons. The highest BCUT2D eigenvalue weighted by Crippen LogP contribution is 2.10. The molecule has 20 heavy (non-hydrogen) atoms. The highest BCUT2D eigenvalue weighted by Gasteiger charge is 2.08. The van der Waals surface area contributed by atoms with Crippen LogP contribution >= 0.6 is 0 Å². The van der Waals surface area contributed by atoms with Gasteiger partial charge in [0.25, 0.3) is 0 Å². The lowest BCUT2D eigenvalue weighted by molar-refractivity contribution is -0.115. The van der Waals surface area contributed by atoms with Crippen LogP contribution in [-0.2, 0) is 4.79 Å². The molecule has 0 saturated heterocycles. The predicted octanol–water partition coefficient (Wildman–Crippen LogP) is 2.51. The number of amides is 1. The minimum Gasteiger partial charge on any atom is -0.325 e. The highest BCUT2D eigenvalue weighted by atomic mass is 19.1. The van der Waals surface area contributed by atoms with Gasteiger partial charge in [0.05, 0.1) is 6.54 Å². The molecule has 0 bridgehead atoms. The number of rotatable bonds is 5. The van der Waals surface area contributed by atoms with Crippen LogP contribution in [0.5, 0.6) is 0 Å². The molecule has 1 atom stereocenters. The van der Waals surface area contributed by atoms with Gasteiger partial charge in [-0.05, 0) is 36.8 Å². The Hall–Kier alpha value is -2.27. The number of carbonyl (C=O) groups is 1. The van der Waals surface area contributed by atoms with Crippen molar-refractivity contribution in [2.45, 2.75) is 13.0 Å². The van der Waals surface area contributed by atoms with Gasteiger partial charge >= 0.3 is 0 Å². The number of hydrogen-bond donors (Lipinski definition) is 2. The maximum atomic E-state index is 13.0. The summed E-state index contributed by atoms with van der Waals surface area (Å²) in [5, 5.41) is 5.72. The summed E-state index contributed by atoms with van der Waals surface area (Å²) in [4.78, 5) is 15.8. The van der Waals surface area contributed by atoms with Crippen LogP contribution in [0.25, 0.3) is 0 Å². The van der Waals surface area contributed by atoms with Crippen LogP contribution in [0, 0.1) is 5.82 Å². The molecule has 2 rings (SSSR count). The lowest BCUT2D eigenvalue weighted by Gasteiger charge is -2.13. The first kappa shape index (κ1) is 14.1. The van der Waals surface area contributed by atoms with Crippen LogP contribution in [0.1, 0.15) is 18.5 Å². The monoisotopic (exact) mass is 273 g/mol. The van der Waals surface area contributed by atoms with E-state index in [1.807, 2.05) is 19.1 Å². The molecule has 1 heterocycles. The van der Waals surface area contributed by atoms with Gasteiger partial charge in [-0.15, -0.1) is 0 Å². The van der Waals surface area contributed by atoms with Crippen molar-refractivity contribution in [2.24, 2.45) is 0 Å². The van der Waals surface area contributed by atoms with Crippen LogP contribution in [0.4, 0.5) is 10.1 Å². The molecule has 0 saturated carbocycles. The molecule has 1 aromatic heterocycles. The standard InChI is InChI=1S/C15H16FN3O/c1-11(12-4-3-7-17-9-12)18-10-15(20)19-14-6-2-5-13(16)8-14/h2-9,11,18H,10H2,1H3,(H,19,20)/t11-/m0/s1. The molecule has 0 radical (unpaired) electrons. The van der Waals surface area contributed by atoms with Gasteiger partial charge < -0.3 is 10.6 Å². The zero-order valence-electron chi connectivity index (χ0n) is 11.1. The minimum atomic E-state index is -0.375. The Bertz CT molecular complexity index is 574. The van der Waals surface area contributed by atoms with E-state index in [0.717, 1.165) is 5.56 Å². The summed E-state index contributed by atoms with van der Waals surface area (Å²) in [6, 6.07) is 9.61. The third-order valence-corrected chi connectivity index (χ3v) is 2.86. The largest absolute Gasteiger partial charge is 0.325 e. The van der Waals surface area contributed by atoms with E-state index in [-0.39, 0.29) is 24.3 Å². The topological polar surface area (TPSA) is 54.0 Å². The normalized spacial score (nSPS) is 11.9. The molecule has 0 aliphatic heterocycles. The van der Waals surface area contributed by atoms with E-state index in [9.17, 15) is 9.18 Å². The van der Waals surface area contributed by atoms with Crippen molar-refractivity contribution < 1.29 is 9.18 Å². The van der Waals surface area contributed by atoms with Crippen molar-refractivity contribution in [1.29, 1.82) is 0 Å². The van der Waals surface area contributed by atoms with Gasteiger partial charge in [0.2, 0.25) is 5.91 Å². The van der Waals surface area contributed by atoms with Gasteiger partial charge in [0, 0.05) is 24.1 Å². The van der Waals surface area contributed by atoms with Crippen LogP contribution in [0.2, 0.25) is 0 Å². The summed E-state index contributed by atoms with van der Waals surface area (Å²) in [6.45, 7) is 2.10. The molecular weight excluding hydrogens is 257 g/mol. The molecule has 0 aliphatic rings. The molecule has 5 heteroatoms. The van der Waals surface area contributed by atoms with Gasteiger partial charge in [-0.1, -0.05) is 12.1 Å². The zero-order chi connectivity index (χ0) is 14.4. The van der Waals surface area contributed by atoms with Gasteiger partial charge in [-0.3, -0.25) is 9.78 Å². The Morgan fingerprint density at radius 1 is 1.35 bits per heavy atom. The number of halogens is 1. The lowest BCUT2D eigenvalue weighted by Crippen LogP contribution is -2.30. The van der Waals surface area contributed by atoms with E-state index < -0.39 is 0 Å². The third kappa shape index (κ3) is 4.13. The van der Waals surface area contributed by atoms with Crippen LogP contribution in [0.15, 0.2) is 48.8 Å². The molecule has 2 aromatic rings. The van der Waals surface area contributed by atoms with Crippen LogP contribution in [-0.4, -0.2) is 17.4 Å². The zero-order valence-corrected chi connectivity index (χ0v) is 11.1. The summed E-state index contributed by atoms with van der Waals surface area (Å²) in [7, 11) is 0.